The smallest absolute Gasteiger partial charge is 0.0771 e. The van der Waals surface area contributed by atoms with E-state index in [2.05, 4.69) is 6.92 Å². The summed E-state index contributed by atoms with van der Waals surface area (Å²) in [7, 11) is 0. The molecule has 0 bridgehead atoms. The van der Waals surface area contributed by atoms with Crippen molar-refractivity contribution in [2.75, 3.05) is 5.06 Å². The number of anilines is 2. The van der Waals surface area contributed by atoms with Gasteiger partial charge in [0, 0.05) is 5.41 Å². The lowest BCUT2D eigenvalue weighted by molar-refractivity contribution is 0.191. The van der Waals surface area contributed by atoms with Crippen molar-refractivity contribution in [2.24, 2.45) is 0 Å². The Bertz CT molecular complexity index is 1180. The molecule has 1 heterocycles. The number of para-hydroxylation sites is 2. The Kier molecular flexibility index (Phi) is 6.23. The summed E-state index contributed by atoms with van der Waals surface area (Å²) in [5.74, 6) is 0. The second-order valence-corrected chi connectivity index (χ2v) is 9.17. The Balaban J connectivity index is 1.73. The zero-order valence-electron chi connectivity index (χ0n) is 24.8. The van der Waals surface area contributed by atoms with Crippen LogP contribution in [0.3, 0.4) is 0 Å². The van der Waals surface area contributed by atoms with Crippen molar-refractivity contribution in [3.63, 3.8) is 0 Å². The van der Waals surface area contributed by atoms with Gasteiger partial charge in [0.15, 0.2) is 0 Å². The molecule has 1 aliphatic rings. The van der Waals surface area contributed by atoms with Crippen LogP contribution >= 0.6 is 0 Å². The van der Waals surface area contributed by atoms with E-state index < -0.39 is 11.5 Å². The predicted molar refractivity (Wildman–Crippen MR) is 138 cm³/mol. The monoisotopic (exact) mass is 445 g/mol. The second-order valence-electron chi connectivity index (χ2n) is 9.17. The molecule has 0 spiro atoms. The summed E-state index contributed by atoms with van der Waals surface area (Å²) in [6, 6.07) is 13.1. The number of nitrogens with zero attached hydrogens (tertiary/aromatic N) is 1. The van der Waals surface area contributed by atoms with E-state index in [0.29, 0.717) is 28.9 Å². The third kappa shape index (κ3) is 5.01. The van der Waals surface area contributed by atoms with Crippen LogP contribution in [0.15, 0.2) is 78.7 Å². The highest BCUT2D eigenvalue weighted by atomic mass is 16.5. The highest BCUT2D eigenvalue weighted by Gasteiger charge is 2.44. The van der Waals surface area contributed by atoms with Gasteiger partial charge in [-0.15, -0.1) is 0 Å². The molecule has 0 amide bonds. The van der Waals surface area contributed by atoms with Crippen molar-refractivity contribution in [1.82, 2.24) is 0 Å². The maximum Gasteiger partial charge on any atom is 0.0771 e. The lowest BCUT2D eigenvalue weighted by atomic mass is 9.64. The van der Waals surface area contributed by atoms with Gasteiger partial charge in [0.05, 0.1) is 18.2 Å². The molecule has 173 valence electrons. The van der Waals surface area contributed by atoms with E-state index in [1.807, 2.05) is 36.4 Å². The van der Waals surface area contributed by atoms with E-state index in [4.69, 9.17) is 6.85 Å². The van der Waals surface area contributed by atoms with E-state index >= 15 is 0 Å². The molecule has 0 aliphatic carbocycles. The molecule has 0 saturated heterocycles. The Morgan fingerprint density at radius 3 is 1.73 bits per heavy atom. The molecule has 33 heavy (non-hydrogen) atoms. The van der Waals surface area contributed by atoms with Crippen LogP contribution in [0.1, 0.15) is 101 Å². The first-order valence-electron chi connectivity index (χ1n) is 15.1. The normalized spacial score (nSPS) is 16.2. The summed E-state index contributed by atoms with van der Waals surface area (Å²) in [4.78, 5) is 0. The molecule has 2 nitrogen and oxygen atoms in total. The first-order chi connectivity index (χ1) is 18.4. The molecule has 0 saturated carbocycles. The Morgan fingerprint density at radius 2 is 1.18 bits per heavy atom. The molecule has 0 N–H and O–H groups in total. The lowest BCUT2D eigenvalue weighted by Crippen LogP contribution is -2.36. The fourth-order valence-corrected chi connectivity index (χ4v) is 5.30. The number of unbranched alkanes of at least 4 members (excludes halogenated alkanes) is 9. The van der Waals surface area contributed by atoms with E-state index in [9.17, 15) is 5.21 Å². The van der Waals surface area contributed by atoms with Gasteiger partial charge in [0.1, 0.15) is 0 Å². The van der Waals surface area contributed by atoms with Crippen LogP contribution in [0.5, 0.6) is 0 Å². The molecule has 4 rings (SSSR count). The minimum atomic E-state index is -1.03. The van der Waals surface area contributed by atoms with Crippen molar-refractivity contribution < 1.29 is 12.1 Å². The third-order valence-electron chi connectivity index (χ3n) is 7.00. The lowest BCUT2D eigenvalue weighted by Gasteiger charge is -2.43. The minimum absolute atomic E-state index is 0.202. The molecule has 0 atom stereocenters. The average Bonchev–Trinajstić information content (AvgIpc) is 2.94. The summed E-state index contributed by atoms with van der Waals surface area (Å²) in [6.07, 6.45) is 12.3. The largest absolute Gasteiger partial charge is 0.188 e. The first-order valence-corrected chi connectivity index (χ1v) is 12.6. The van der Waals surface area contributed by atoms with Gasteiger partial charge in [-0.05, 0) is 35.2 Å². The zero-order valence-corrected chi connectivity index (χ0v) is 19.8. The van der Waals surface area contributed by atoms with Gasteiger partial charge < -0.3 is 0 Å². The maximum absolute atomic E-state index is 13.4. The molecular formula is C31H38NO. The highest BCUT2D eigenvalue weighted by Crippen LogP contribution is 2.54. The Labute approximate surface area is 207 Å². The summed E-state index contributed by atoms with van der Waals surface area (Å²) < 4.78 is 42.8. The van der Waals surface area contributed by atoms with Gasteiger partial charge >= 0.3 is 0 Å². The van der Waals surface area contributed by atoms with Gasteiger partial charge in [-0.3, -0.25) is 0 Å². The molecule has 1 radical (unpaired) electrons. The maximum atomic E-state index is 13.4. The molecule has 1 aliphatic heterocycles. The Hall–Kier alpha value is -2.58. The number of hydrogen-bond acceptors (Lipinski definition) is 1. The van der Waals surface area contributed by atoms with E-state index in [-0.39, 0.29) is 29.7 Å². The quantitative estimate of drug-likeness (QED) is 0.255. The van der Waals surface area contributed by atoms with Crippen molar-refractivity contribution in [1.29, 1.82) is 0 Å². The summed E-state index contributed by atoms with van der Waals surface area (Å²) in [5, 5.41) is 14.4. The van der Waals surface area contributed by atoms with Crippen LogP contribution in [0.25, 0.3) is 0 Å². The summed E-state index contributed by atoms with van der Waals surface area (Å²) >= 11 is 0. The Morgan fingerprint density at radius 1 is 0.697 bits per heavy atom. The molecule has 0 aromatic heterocycles. The number of hydrogen-bond donors (Lipinski definition) is 0. The van der Waals surface area contributed by atoms with Crippen molar-refractivity contribution in [3.05, 3.63) is 95.4 Å². The molecule has 0 fully saturated rings. The van der Waals surface area contributed by atoms with Gasteiger partial charge in [0.25, 0.3) is 0 Å². The van der Waals surface area contributed by atoms with Gasteiger partial charge in [-0.1, -0.05) is 143 Å². The minimum Gasteiger partial charge on any atom is -0.188 e. The first kappa shape index (κ1) is 17.8. The van der Waals surface area contributed by atoms with Crippen LogP contribution in [-0.4, -0.2) is 0 Å². The van der Waals surface area contributed by atoms with Crippen LogP contribution < -0.4 is 5.06 Å². The molecular weight excluding hydrogens is 402 g/mol. The average molecular weight is 446 g/mol. The van der Waals surface area contributed by atoms with Crippen LogP contribution in [0, 0.1) is 0 Å². The van der Waals surface area contributed by atoms with Gasteiger partial charge in [-0.2, -0.15) is 5.06 Å². The van der Waals surface area contributed by atoms with Crippen LogP contribution in [0.4, 0.5) is 11.4 Å². The summed E-state index contributed by atoms with van der Waals surface area (Å²) in [6.45, 7) is 2.23. The number of fused-ring (bicyclic) bond motifs is 2. The summed E-state index contributed by atoms with van der Waals surface area (Å²) in [5.41, 5.74) is 1.55. The molecule has 0 unspecified atom stereocenters. The van der Waals surface area contributed by atoms with Crippen molar-refractivity contribution >= 4 is 11.4 Å². The molecule has 2 heteroatoms. The van der Waals surface area contributed by atoms with Crippen molar-refractivity contribution in [3.8, 4) is 0 Å². The second kappa shape index (κ2) is 11.5. The topological polar surface area (TPSA) is 23.1 Å². The molecule has 3 aromatic carbocycles. The van der Waals surface area contributed by atoms with Crippen molar-refractivity contribution in [2.45, 2.75) is 83.0 Å². The SMILES string of the molecule is [2H]c1c([2H])c([2H])c(C2(CCCCCCCCCCCC)c3ccccc3N([O])c3ccccc32)c([2H])c1[2H]. The number of benzene rings is 3. The molecule has 3 aromatic rings. The fourth-order valence-electron chi connectivity index (χ4n) is 5.30. The van der Waals surface area contributed by atoms with Gasteiger partial charge in [0.2, 0.25) is 0 Å². The fraction of sp³-hybridized carbons (Fsp3) is 0.419. The number of rotatable bonds is 12. The zero-order chi connectivity index (χ0) is 27.3. The van der Waals surface area contributed by atoms with Crippen LogP contribution in [-0.2, 0) is 10.6 Å². The highest BCUT2D eigenvalue weighted by molar-refractivity contribution is 5.78. The van der Waals surface area contributed by atoms with Gasteiger partial charge in [-0.25, -0.2) is 0 Å². The standard InChI is InChI=1S/C31H38NO/c1-2-3-4-5-6-7-8-9-10-18-25-31(26-19-12-11-13-20-26)27-21-14-16-23-29(27)32(33)30-24-17-15-22-28(30)31/h11-17,19-24H,2-10,18,25H2,1H3/i11D,12D,13D,19D,20D. The van der Waals surface area contributed by atoms with E-state index in [1.54, 1.807) is 12.1 Å². The van der Waals surface area contributed by atoms with Crippen LogP contribution in [0.2, 0.25) is 0 Å². The predicted octanol–water partition coefficient (Wildman–Crippen LogP) is 9.13. The third-order valence-corrected chi connectivity index (χ3v) is 7.00. The van der Waals surface area contributed by atoms with E-state index in [1.165, 1.54) is 44.9 Å². The van der Waals surface area contributed by atoms with E-state index in [0.717, 1.165) is 24.3 Å².